The molecular weight excluding hydrogens is 580 g/mol. The quantitative estimate of drug-likeness (QED) is 0.254. The molecule has 0 amide bonds. The van der Waals surface area contributed by atoms with E-state index < -0.39 is 65.1 Å². The van der Waals surface area contributed by atoms with Crippen molar-refractivity contribution in [3.8, 4) is 0 Å². The SMILES string of the molecule is C[C@@H]1C[C@@H]2O[C@@]3(O[C@H]2C(C)(C)O)[C@H](O)[C@@]2(C)[C@@H]4CC[C@@H]5C(C)(C)[C@@H](O[C@@H]6OC[C@@H](O)[C@H](O)[C@H]6O)CC[C@]56C[C@]46C[C@@H](O)[C@@]2(C)[C@@H]13. The molecular formula is C35H56O10. The lowest BCUT2D eigenvalue weighted by Crippen LogP contribution is -2.64. The lowest BCUT2D eigenvalue weighted by Gasteiger charge is -2.65. The highest BCUT2D eigenvalue weighted by molar-refractivity contribution is 5.36. The molecule has 0 radical (unpaired) electrons. The van der Waals surface area contributed by atoms with Gasteiger partial charge in [-0.1, -0.05) is 34.6 Å². The number of hydrogen-bond donors (Lipinski definition) is 6. The molecule has 5 aliphatic carbocycles. The van der Waals surface area contributed by atoms with Gasteiger partial charge in [-0.05, 0) is 92.8 Å². The van der Waals surface area contributed by atoms with Crippen LogP contribution in [0.4, 0.5) is 0 Å². The Morgan fingerprint density at radius 2 is 1.53 bits per heavy atom. The Labute approximate surface area is 266 Å². The monoisotopic (exact) mass is 636 g/mol. The van der Waals surface area contributed by atoms with E-state index in [4.69, 9.17) is 18.9 Å². The second kappa shape index (κ2) is 9.23. The van der Waals surface area contributed by atoms with E-state index in [1.807, 2.05) is 0 Å². The normalized spacial score (nSPS) is 62.7. The van der Waals surface area contributed by atoms with Crippen molar-refractivity contribution in [3.05, 3.63) is 0 Å². The van der Waals surface area contributed by atoms with Crippen molar-refractivity contribution >= 4 is 0 Å². The molecule has 8 rings (SSSR count). The van der Waals surface area contributed by atoms with E-state index in [9.17, 15) is 30.6 Å². The number of ether oxygens (including phenoxy) is 4. The van der Waals surface area contributed by atoms with Crippen LogP contribution in [-0.2, 0) is 18.9 Å². The first-order valence-corrected chi connectivity index (χ1v) is 17.6. The van der Waals surface area contributed by atoms with E-state index in [1.165, 1.54) is 0 Å². The van der Waals surface area contributed by atoms with Gasteiger partial charge in [0, 0.05) is 16.7 Å². The van der Waals surface area contributed by atoms with Gasteiger partial charge < -0.3 is 49.6 Å². The summed E-state index contributed by atoms with van der Waals surface area (Å²) in [6, 6.07) is 0. The molecule has 0 aromatic heterocycles. The maximum absolute atomic E-state index is 12.7. The summed E-state index contributed by atoms with van der Waals surface area (Å²) >= 11 is 0. The topological polar surface area (TPSA) is 158 Å². The Hall–Kier alpha value is -0.400. The number of hydrogen-bond acceptors (Lipinski definition) is 10. The predicted octanol–water partition coefficient (Wildman–Crippen LogP) is 2.09. The second-order valence-corrected chi connectivity index (χ2v) is 18.4. The maximum Gasteiger partial charge on any atom is 0.199 e. The summed E-state index contributed by atoms with van der Waals surface area (Å²) in [5.41, 5.74) is -2.78. The smallest absolute Gasteiger partial charge is 0.199 e. The van der Waals surface area contributed by atoms with Crippen LogP contribution in [0.3, 0.4) is 0 Å². The van der Waals surface area contributed by atoms with Gasteiger partial charge in [-0.2, -0.15) is 0 Å². The molecule has 18 atom stereocenters. The van der Waals surface area contributed by atoms with Gasteiger partial charge in [-0.15, -0.1) is 0 Å². The van der Waals surface area contributed by atoms with Gasteiger partial charge in [0.15, 0.2) is 12.1 Å². The average Bonchev–Trinajstić information content (AvgIpc) is 3.44. The number of rotatable bonds is 3. The Morgan fingerprint density at radius 3 is 2.22 bits per heavy atom. The molecule has 0 aromatic rings. The highest BCUT2D eigenvalue weighted by Gasteiger charge is 2.89. The first-order valence-electron chi connectivity index (χ1n) is 17.6. The molecule has 6 N–H and O–H groups in total. The van der Waals surface area contributed by atoms with E-state index in [-0.39, 0.29) is 52.8 Å². The van der Waals surface area contributed by atoms with E-state index >= 15 is 0 Å². The minimum absolute atomic E-state index is 0.0126. The summed E-state index contributed by atoms with van der Waals surface area (Å²) in [5.74, 6) is -0.820. The summed E-state index contributed by atoms with van der Waals surface area (Å²) in [4.78, 5) is 0. The van der Waals surface area contributed by atoms with E-state index in [0.717, 1.165) is 38.5 Å². The van der Waals surface area contributed by atoms with Crippen LogP contribution < -0.4 is 0 Å². The third-order valence-corrected chi connectivity index (χ3v) is 15.9. The Morgan fingerprint density at radius 1 is 0.844 bits per heavy atom. The third-order valence-electron chi connectivity index (χ3n) is 15.9. The van der Waals surface area contributed by atoms with Crippen LogP contribution in [0.15, 0.2) is 0 Å². The Balaban J connectivity index is 1.12. The van der Waals surface area contributed by atoms with E-state index in [1.54, 1.807) is 13.8 Å². The summed E-state index contributed by atoms with van der Waals surface area (Å²) < 4.78 is 25.6. The average molecular weight is 637 g/mol. The van der Waals surface area contributed by atoms with Crippen LogP contribution in [0.1, 0.15) is 93.4 Å². The fourth-order valence-electron chi connectivity index (χ4n) is 14.0. The molecule has 8 aliphatic rings. The molecule has 8 fully saturated rings. The van der Waals surface area contributed by atoms with Crippen LogP contribution in [0.5, 0.6) is 0 Å². The predicted molar refractivity (Wildman–Crippen MR) is 160 cm³/mol. The van der Waals surface area contributed by atoms with Crippen LogP contribution in [0.25, 0.3) is 0 Å². The van der Waals surface area contributed by atoms with Gasteiger partial charge >= 0.3 is 0 Å². The third kappa shape index (κ3) is 3.51. The van der Waals surface area contributed by atoms with Gasteiger partial charge in [0.2, 0.25) is 0 Å². The largest absolute Gasteiger partial charge is 0.393 e. The zero-order chi connectivity index (χ0) is 32.5. The molecule has 3 saturated heterocycles. The summed E-state index contributed by atoms with van der Waals surface area (Å²) in [5, 5.41) is 67.0. The van der Waals surface area contributed by atoms with Gasteiger partial charge in [0.05, 0.1) is 30.5 Å². The van der Waals surface area contributed by atoms with Crippen molar-refractivity contribution in [1.29, 1.82) is 0 Å². The first-order chi connectivity index (χ1) is 20.8. The van der Waals surface area contributed by atoms with Crippen molar-refractivity contribution in [2.75, 3.05) is 6.61 Å². The molecule has 256 valence electrons. The summed E-state index contributed by atoms with van der Waals surface area (Å²) in [6.45, 7) is 14.5. The fraction of sp³-hybridized carbons (Fsp3) is 1.00. The highest BCUT2D eigenvalue weighted by Crippen LogP contribution is 2.90. The van der Waals surface area contributed by atoms with Crippen LogP contribution in [-0.4, -0.2) is 104 Å². The first kappa shape index (κ1) is 31.8. The van der Waals surface area contributed by atoms with Crippen LogP contribution in [0.2, 0.25) is 0 Å². The molecule has 45 heavy (non-hydrogen) atoms. The van der Waals surface area contributed by atoms with Gasteiger partial charge in [-0.3, -0.25) is 0 Å². The Bertz CT molecular complexity index is 1240. The molecule has 3 spiro atoms. The number of fused-ring (bicyclic) bond motifs is 4. The molecule has 10 nitrogen and oxygen atoms in total. The van der Waals surface area contributed by atoms with Crippen molar-refractivity contribution < 1.29 is 49.6 Å². The molecule has 5 saturated carbocycles. The lowest BCUT2D eigenvalue weighted by atomic mass is 9.40. The number of aliphatic hydroxyl groups excluding tert-OH is 5. The molecule has 10 heteroatoms. The molecule has 2 bridgehead atoms. The van der Waals surface area contributed by atoms with Crippen molar-refractivity contribution in [3.63, 3.8) is 0 Å². The van der Waals surface area contributed by atoms with Crippen LogP contribution >= 0.6 is 0 Å². The van der Waals surface area contributed by atoms with Gasteiger partial charge in [0.1, 0.15) is 30.5 Å². The minimum Gasteiger partial charge on any atom is -0.393 e. The van der Waals surface area contributed by atoms with E-state index in [2.05, 4.69) is 34.6 Å². The highest BCUT2D eigenvalue weighted by atomic mass is 16.8. The second-order valence-electron chi connectivity index (χ2n) is 18.4. The van der Waals surface area contributed by atoms with Crippen molar-refractivity contribution in [2.24, 2.45) is 50.7 Å². The Kier molecular flexibility index (Phi) is 6.53. The maximum atomic E-state index is 12.7. The zero-order valence-electron chi connectivity index (χ0n) is 28.0. The minimum atomic E-state index is -1.32. The van der Waals surface area contributed by atoms with Gasteiger partial charge in [-0.25, -0.2) is 0 Å². The molecule has 0 unspecified atom stereocenters. The zero-order valence-corrected chi connectivity index (χ0v) is 28.0. The molecule has 3 heterocycles. The van der Waals surface area contributed by atoms with Crippen molar-refractivity contribution in [1.82, 2.24) is 0 Å². The van der Waals surface area contributed by atoms with Gasteiger partial charge in [0.25, 0.3) is 0 Å². The summed E-state index contributed by atoms with van der Waals surface area (Å²) in [6.07, 6.45) is -1.40. The van der Waals surface area contributed by atoms with Crippen molar-refractivity contribution in [2.45, 2.75) is 160 Å². The van der Waals surface area contributed by atoms with E-state index in [0.29, 0.717) is 12.3 Å². The standard InChI is InChI=1S/C35H56O10/c1-16-12-18-26(30(4,5)41)45-35(44-18)25(16)32(7)21(37)13-34-15-33(34)11-10-22(43-27-24(39)23(38)17(36)14-42-27)29(2,3)19(33)8-9-20(34)31(32,6)28(35)40/h16-28,36-41H,8-15H2,1-7H3/t16-,17-,18+,19-,20+,21-,22+,23+,24-,25-,26-,27+,28-,31-,32+,33+,34-,35+/m1/s1. The number of aliphatic hydroxyl groups is 6. The molecule has 0 aromatic carbocycles. The van der Waals surface area contributed by atoms with Crippen LogP contribution in [0, 0.1) is 50.7 Å². The lowest BCUT2D eigenvalue weighted by molar-refractivity contribution is -0.304. The summed E-state index contributed by atoms with van der Waals surface area (Å²) in [7, 11) is 0. The fourth-order valence-corrected chi connectivity index (χ4v) is 14.0. The molecule has 3 aliphatic heterocycles.